The lowest BCUT2D eigenvalue weighted by atomic mass is 10.0. The summed E-state index contributed by atoms with van der Waals surface area (Å²) in [5, 5.41) is 3.27. The van der Waals surface area contributed by atoms with Crippen LogP contribution in [0, 0.1) is 0 Å². The van der Waals surface area contributed by atoms with Crippen molar-refractivity contribution in [3.8, 4) is 0 Å². The summed E-state index contributed by atoms with van der Waals surface area (Å²) >= 11 is 9.58. The third-order valence-electron chi connectivity index (χ3n) is 5.72. The Bertz CT molecular complexity index is 1370. The van der Waals surface area contributed by atoms with Gasteiger partial charge in [-0.05, 0) is 55.3 Å². The van der Waals surface area contributed by atoms with Crippen molar-refractivity contribution in [3.63, 3.8) is 0 Å². The fraction of sp³-hybridized carbons (Fsp3) is 0.286. The number of nitrogens with zero attached hydrogens (tertiary/aromatic N) is 2. The Kier molecular flexibility index (Phi) is 10.4. The first-order valence-electron chi connectivity index (χ1n) is 12.1. The van der Waals surface area contributed by atoms with Gasteiger partial charge in [-0.1, -0.05) is 76.1 Å². The Labute approximate surface area is 238 Å². The number of halogens is 2. The average Bonchev–Trinajstić information content (AvgIpc) is 2.84. The van der Waals surface area contributed by atoms with Crippen molar-refractivity contribution in [1.29, 1.82) is 0 Å². The zero-order chi connectivity index (χ0) is 27.9. The summed E-state index contributed by atoms with van der Waals surface area (Å²) in [6.07, 6.45) is 1.29. The second-order valence-corrected chi connectivity index (χ2v) is 12.5. The third kappa shape index (κ3) is 8.58. The molecule has 0 spiro atoms. The number of anilines is 1. The van der Waals surface area contributed by atoms with Crippen molar-refractivity contribution in [3.05, 3.63) is 99.5 Å². The molecule has 0 bridgehead atoms. The van der Waals surface area contributed by atoms with Crippen molar-refractivity contribution < 1.29 is 18.0 Å². The van der Waals surface area contributed by atoms with Crippen molar-refractivity contribution in [2.24, 2.45) is 0 Å². The van der Waals surface area contributed by atoms with Gasteiger partial charge in [0.25, 0.3) is 0 Å². The predicted molar refractivity (Wildman–Crippen MR) is 156 cm³/mol. The van der Waals surface area contributed by atoms with Crippen molar-refractivity contribution >= 4 is 55.1 Å². The predicted octanol–water partition coefficient (Wildman–Crippen LogP) is 5.03. The fourth-order valence-electron chi connectivity index (χ4n) is 4.01. The van der Waals surface area contributed by atoms with Crippen LogP contribution in [0.4, 0.5) is 5.69 Å². The first-order valence-corrected chi connectivity index (χ1v) is 15.1. The quantitative estimate of drug-likeness (QED) is 0.326. The summed E-state index contributed by atoms with van der Waals surface area (Å²) in [5.41, 5.74) is 1.93. The molecule has 0 heterocycles. The molecule has 1 N–H and O–H groups in total. The Hall–Kier alpha value is -2.88. The Morgan fingerprint density at radius 2 is 1.61 bits per heavy atom. The van der Waals surface area contributed by atoms with Gasteiger partial charge >= 0.3 is 0 Å². The van der Waals surface area contributed by atoms with Gasteiger partial charge in [0, 0.05) is 28.5 Å². The number of amides is 2. The molecule has 0 fully saturated rings. The van der Waals surface area contributed by atoms with Gasteiger partial charge in [-0.15, -0.1) is 0 Å². The highest BCUT2D eigenvalue weighted by Gasteiger charge is 2.33. The van der Waals surface area contributed by atoms with Crippen LogP contribution in [0.1, 0.15) is 25.0 Å². The van der Waals surface area contributed by atoms with Crippen LogP contribution in [-0.4, -0.2) is 50.0 Å². The highest BCUT2D eigenvalue weighted by molar-refractivity contribution is 9.10. The van der Waals surface area contributed by atoms with Gasteiger partial charge < -0.3 is 10.2 Å². The van der Waals surface area contributed by atoms with Crippen LogP contribution in [-0.2, 0) is 32.6 Å². The lowest BCUT2D eigenvalue weighted by molar-refractivity contribution is -0.140. The average molecular weight is 621 g/mol. The largest absolute Gasteiger partial charge is 0.352 e. The minimum atomic E-state index is -3.85. The van der Waals surface area contributed by atoms with Gasteiger partial charge in [0.2, 0.25) is 21.8 Å². The molecule has 0 aliphatic heterocycles. The topological polar surface area (TPSA) is 86.8 Å². The van der Waals surface area contributed by atoms with Crippen LogP contribution >= 0.6 is 27.5 Å². The maximum absolute atomic E-state index is 14.0. The van der Waals surface area contributed by atoms with Gasteiger partial charge in [0.05, 0.1) is 11.9 Å². The Balaban J connectivity index is 2.06. The molecule has 3 aromatic rings. The van der Waals surface area contributed by atoms with E-state index in [1.807, 2.05) is 68.4 Å². The molecule has 38 heavy (non-hydrogen) atoms. The van der Waals surface area contributed by atoms with Crippen LogP contribution in [0.5, 0.6) is 0 Å². The van der Waals surface area contributed by atoms with Crippen LogP contribution in [0.15, 0.2) is 83.3 Å². The number of sulfonamides is 1. The summed E-state index contributed by atoms with van der Waals surface area (Å²) in [4.78, 5) is 28.9. The summed E-state index contributed by atoms with van der Waals surface area (Å²) < 4.78 is 27.4. The Morgan fingerprint density at radius 3 is 2.21 bits per heavy atom. The van der Waals surface area contributed by atoms with Crippen LogP contribution in [0.3, 0.4) is 0 Å². The summed E-state index contributed by atoms with van der Waals surface area (Å²) in [6, 6.07) is 22.1. The maximum atomic E-state index is 14.0. The van der Waals surface area contributed by atoms with Crippen molar-refractivity contribution in [2.45, 2.75) is 38.9 Å². The number of hydrogen-bond acceptors (Lipinski definition) is 4. The third-order valence-corrected chi connectivity index (χ3v) is 7.59. The normalized spacial score (nSPS) is 12.2. The van der Waals surface area contributed by atoms with E-state index in [1.165, 1.54) is 11.0 Å². The molecule has 3 rings (SSSR count). The highest BCUT2D eigenvalue weighted by atomic mass is 79.9. The maximum Gasteiger partial charge on any atom is 0.244 e. The Morgan fingerprint density at radius 1 is 0.947 bits per heavy atom. The first kappa shape index (κ1) is 29.7. The molecule has 1 atom stereocenters. The van der Waals surface area contributed by atoms with Crippen LogP contribution < -0.4 is 9.62 Å². The second kappa shape index (κ2) is 13.3. The summed E-state index contributed by atoms with van der Waals surface area (Å²) in [7, 11) is -3.85. The van der Waals surface area contributed by atoms with Crippen LogP contribution in [0.25, 0.3) is 0 Å². The molecule has 2 amide bonds. The van der Waals surface area contributed by atoms with E-state index in [-0.39, 0.29) is 30.6 Å². The van der Waals surface area contributed by atoms with E-state index < -0.39 is 28.5 Å². The van der Waals surface area contributed by atoms with Gasteiger partial charge in [-0.25, -0.2) is 8.42 Å². The van der Waals surface area contributed by atoms with E-state index in [4.69, 9.17) is 11.6 Å². The van der Waals surface area contributed by atoms with E-state index >= 15 is 0 Å². The molecule has 10 heteroatoms. The molecule has 0 aromatic heterocycles. The number of nitrogens with one attached hydrogen (secondary N) is 1. The standard InChI is InChI=1S/C28H31BrClN3O4S/c1-20(2)31-28(35)26(16-21-9-5-4-6-10-21)32(18-22-11-7-12-23(29)15-22)27(34)19-33(38(3,36)37)25-14-8-13-24(30)17-25/h4-15,17,20,26H,16,18-19H2,1-3H3,(H,31,35)/t26-/m1/s1. The minimum Gasteiger partial charge on any atom is -0.352 e. The van der Waals surface area contributed by atoms with E-state index in [1.54, 1.807) is 18.2 Å². The molecular weight excluding hydrogens is 590 g/mol. The molecule has 202 valence electrons. The zero-order valence-corrected chi connectivity index (χ0v) is 24.6. The molecular formula is C28H31BrClN3O4S. The number of rotatable bonds is 11. The molecule has 0 saturated heterocycles. The van der Waals surface area contributed by atoms with Crippen molar-refractivity contribution in [1.82, 2.24) is 10.2 Å². The molecule has 7 nitrogen and oxygen atoms in total. The first-order chi connectivity index (χ1) is 17.9. The number of benzene rings is 3. The molecule has 0 radical (unpaired) electrons. The zero-order valence-electron chi connectivity index (χ0n) is 21.5. The second-order valence-electron chi connectivity index (χ2n) is 9.27. The van der Waals surface area contributed by atoms with E-state index in [9.17, 15) is 18.0 Å². The minimum absolute atomic E-state index is 0.106. The SMILES string of the molecule is CC(C)NC(=O)[C@@H](Cc1ccccc1)N(Cc1cccc(Br)c1)C(=O)CN(c1cccc(Cl)c1)S(C)(=O)=O. The van der Waals surface area contributed by atoms with Crippen LogP contribution in [0.2, 0.25) is 5.02 Å². The smallest absolute Gasteiger partial charge is 0.244 e. The summed E-state index contributed by atoms with van der Waals surface area (Å²) in [6.45, 7) is 3.31. The summed E-state index contributed by atoms with van der Waals surface area (Å²) in [5.74, 6) is -0.837. The van der Waals surface area contributed by atoms with E-state index in [0.717, 1.165) is 26.2 Å². The van der Waals surface area contributed by atoms with Gasteiger partial charge in [0.15, 0.2) is 0 Å². The lowest BCUT2D eigenvalue weighted by Crippen LogP contribution is -2.54. The van der Waals surface area contributed by atoms with Gasteiger partial charge in [0.1, 0.15) is 12.6 Å². The monoisotopic (exact) mass is 619 g/mol. The highest BCUT2D eigenvalue weighted by Crippen LogP contribution is 2.23. The number of hydrogen-bond donors (Lipinski definition) is 1. The lowest BCUT2D eigenvalue weighted by Gasteiger charge is -2.34. The molecule has 0 saturated carbocycles. The molecule has 3 aromatic carbocycles. The van der Waals surface area contributed by atoms with E-state index in [2.05, 4.69) is 21.2 Å². The van der Waals surface area contributed by atoms with Gasteiger partial charge in [-0.2, -0.15) is 0 Å². The fourth-order valence-corrected chi connectivity index (χ4v) is 5.48. The van der Waals surface area contributed by atoms with E-state index in [0.29, 0.717) is 5.02 Å². The molecule has 0 aliphatic carbocycles. The molecule has 0 aliphatic rings. The number of carbonyl (C=O) groups excluding carboxylic acids is 2. The van der Waals surface area contributed by atoms with Crippen molar-refractivity contribution in [2.75, 3.05) is 17.1 Å². The van der Waals surface area contributed by atoms with Gasteiger partial charge in [-0.3, -0.25) is 13.9 Å². The molecule has 0 unspecified atom stereocenters. The number of carbonyl (C=O) groups is 2.